The highest BCUT2D eigenvalue weighted by molar-refractivity contribution is 5.93. The summed E-state index contributed by atoms with van der Waals surface area (Å²) < 4.78 is 16.6. The molecule has 1 amide bonds. The van der Waals surface area contributed by atoms with E-state index in [9.17, 15) is 4.79 Å². The highest BCUT2D eigenvalue weighted by Gasteiger charge is 2.27. The van der Waals surface area contributed by atoms with Gasteiger partial charge in [-0.15, -0.1) is 0 Å². The van der Waals surface area contributed by atoms with E-state index in [1.807, 2.05) is 32.0 Å². The Morgan fingerprint density at radius 2 is 2.27 bits per heavy atom. The third-order valence-corrected chi connectivity index (χ3v) is 3.90. The van der Waals surface area contributed by atoms with Crippen LogP contribution in [-0.4, -0.2) is 30.1 Å². The molecule has 0 aliphatic carbocycles. The van der Waals surface area contributed by atoms with Crippen molar-refractivity contribution >= 4 is 5.91 Å². The van der Waals surface area contributed by atoms with Crippen LogP contribution in [0.4, 0.5) is 0 Å². The third-order valence-electron chi connectivity index (χ3n) is 3.90. The first-order chi connectivity index (χ1) is 10.6. The summed E-state index contributed by atoms with van der Waals surface area (Å²) in [5, 5.41) is 0. The standard InChI is InChI=1S/C17H21NO4/c1-12-9-13(2)22-16(12)17(19)18(10-14-5-3-7-20-14)11-15-6-4-8-21-15/h3,5,7,9,15H,4,6,8,10-11H2,1-2H3/t15-/m1/s1. The van der Waals surface area contributed by atoms with E-state index in [-0.39, 0.29) is 12.0 Å². The van der Waals surface area contributed by atoms with Crippen molar-refractivity contribution in [2.24, 2.45) is 0 Å². The predicted octanol–water partition coefficient (Wildman–Crippen LogP) is 3.31. The van der Waals surface area contributed by atoms with Crippen LogP contribution in [-0.2, 0) is 11.3 Å². The van der Waals surface area contributed by atoms with E-state index in [1.54, 1.807) is 11.2 Å². The Morgan fingerprint density at radius 1 is 1.41 bits per heavy atom. The molecule has 0 radical (unpaired) electrons. The van der Waals surface area contributed by atoms with Crippen molar-refractivity contribution in [3.8, 4) is 0 Å². The van der Waals surface area contributed by atoms with E-state index < -0.39 is 0 Å². The summed E-state index contributed by atoms with van der Waals surface area (Å²) in [6.45, 7) is 5.48. The van der Waals surface area contributed by atoms with Gasteiger partial charge in [0, 0.05) is 18.7 Å². The Morgan fingerprint density at radius 3 is 2.86 bits per heavy atom. The van der Waals surface area contributed by atoms with Gasteiger partial charge in [-0.2, -0.15) is 0 Å². The summed E-state index contributed by atoms with van der Waals surface area (Å²) in [6, 6.07) is 5.58. The second kappa shape index (κ2) is 6.40. The second-order valence-electron chi connectivity index (χ2n) is 5.77. The maximum Gasteiger partial charge on any atom is 0.290 e. The number of carbonyl (C=O) groups excluding carboxylic acids is 1. The van der Waals surface area contributed by atoms with Crippen molar-refractivity contribution in [2.45, 2.75) is 39.3 Å². The summed E-state index contributed by atoms with van der Waals surface area (Å²) in [7, 11) is 0. The average molecular weight is 303 g/mol. The topological polar surface area (TPSA) is 55.8 Å². The van der Waals surface area contributed by atoms with E-state index in [0.717, 1.165) is 36.5 Å². The molecule has 0 N–H and O–H groups in total. The maximum absolute atomic E-state index is 12.8. The molecule has 1 aliphatic heterocycles. The highest BCUT2D eigenvalue weighted by atomic mass is 16.5. The van der Waals surface area contributed by atoms with Gasteiger partial charge < -0.3 is 18.5 Å². The number of hydrogen-bond acceptors (Lipinski definition) is 4. The monoisotopic (exact) mass is 303 g/mol. The molecule has 1 atom stereocenters. The number of rotatable bonds is 5. The molecule has 118 valence electrons. The Labute approximate surface area is 129 Å². The van der Waals surface area contributed by atoms with Gasteiger partial charge in [-0.05, 0) is 44.9 Å². The van der Waals surface area contributed by atoms with Crippen LogP contribution < -0.4 is 0 Å². The van der Waals surface area contributed by atoms with Gasteiger partial charge >= 0.3 is 0 Å². The van der Waals surface area contributed by atoms with Crippen LogP contribution >= 0.6 is 0 Å². The zero-order valence-electron chi connectivity index (χ0n) is 13.0. The van der Waals surface area contributed by atoms with Gasteiger partial charge in [0.05, 0.1) is 18.9 Å². The molecule has 2 aromatic heterocycles. The molecule has 0 unspecified atom stereocenters. The third kappa shape index (κ3) is 3.25. The van der Waals surface area contributed by atoms with Crippen LogP contribution in [0.3, 0.4) is 0 Å². The normalized spacial score (nSPS) is 17.8. The number of amides is 1. The van der Waals surface area contributed by atoms with E-state index in [1.165, 1.54) is 0 Å². The lowest BCUT2D eigenvalue weighted by Crippen LogP contribution is -2.37. The molecule has 0 spiro atoms. The molecule has 22 heavy (non-hydrogen) atoms. The minimum absolute atomic E-state index is 0.0928. The van der Waals surface area contributed by atoms with Crippen molar-refractivity contribution in [3.05, 3.63) is 47.3 Å². The zero-order valence-corrected chi connectivity index (χ0v) is 13.0. The number of ether oxygens (including phenoxy) is 1. The molecular weight excluding hydrogens is 282 g/mol. The SMILES string of the molecule is Cc1cc(C)c(C(=O)N(Cc2ccco2)C[C@H]2CCCO2)o1. The largest absolute Gasteiger partial charge is 0.467 e. The van der Waals surface area contributed by atoms with Gasteiger partial charge in [-0.25, -0.2) is 0 Å². The first-order valence-corrected chi connectivity index (χ1v) is 7.64. The lowest BCUT2D eigenvalue weighted by molar-refractivity contribution is 0.0466. The van der Waals surface area contributed by atoms with Gasteiger partial charge in [-0.1, -0.05) is 0 Å². The molecule has 1 saturated heterocycles. The zero-order chi connectivity index (χ0) is 15.5. The molecule has 1 aliphatic rings. The van der Waals surface area contributed by atoms with E-state index in [2.05, 4.69) is 0 Å². The number of nitrogens with zero attached hydrogens (tertiary/aromatic N) is 1. The number of carbonyl (C=O) groups is 1. The summed E-state index contributed by atoms with van der Waals surface area (Å²) in [5.41, 5.74) is 0.860. The molecule has 5 heteroatoms. The van der Waals surface area contributed by atoms with Crippen LogP contribution in [0.25, 0.3) is 0 Å². The number of aryl methyl sites for hydroxylation is 2. The van der Waals surface area contributed by atoms with E-state index in [0.29, 0.717) is 18.8 Å². The van der Waals surface area contributed by atoms with Crippen LogP contribution in [0.2, 0.25) is 0 Å². The van der Waals surface area contributed by atoms with E-state index in [4.69, 9.17) is 13.6 Å². The summed E-state index contributed by atoms with van der Waals surface area (Å²) in [6.07, 6.45) is 3.74. The van der Waals surface area contributed by atoms with Crippen LogP contribution in [0, 0.1) is 13.8 Å². The van der Waals surface area contributed by atoms with Crippen molar-refractivity contribution in [3.63, 3.8) is 0 Å². The quantitative estimate of drug-likeness (QED) is 0.850. The Balaban J connectivity index is 1.79. The fourth-order valence-corrected chi connectivity index (χ4v) is 2.84. The fraction of sp³-hybridized carbons (Fsp3) is 0.471. The molecule has 1 fully saturated rings. The first-order valence-electron chi connectivity index (χ1n) is 7.64. The Kier molecular flexibility index (Phi) is 4.34. The minimum atomic E-state index is -0.113. The molecule has 2 aromatic rings. The van der Waals surface area contributed by atoms with Gasteiger partial charge in [0.1, 0.15) is 11.5 Å². The van der Waals surface area contributed by atoms with Crippen molar-refractivity contribution in [1.29, 1.82) is 0 Å². The van der Waals surface area contributed by atoms with Crippen molar-refractivity contribution in [2.75, 3.05) is 13.2 Å². The maximum atomic E-state index is 12.8. The van der Waals surface area contributed by atoms with Gasteiger partial charge in [0.2, 0.25) is 0 Å². The van der Waals surface area contributed by atoms with Crippen LogP contribution in [0.5, 0.6) is 0 Å². The number of hydrogen-bond donors (Lipinski definition) is 0. The first kappa shape index (κ1) is 14.9. The van der Waals surface area contributed by atoms with Gasteiger partial charge in [-0.3, -0.25) is 4.79 Å². The molecule has 3 rings (SSSR count). The summed E-state index contributed by atoms with van der Waals surface area (Å²) in [4.78, 5) is 14.6. The van der Waals surface area contributed by atoms with Gasteiger partial charge in [0.25, 0.3) is 5.91 Å². The van der Waals surface area contributed by atoms with Crippen molar-refractivity contribution in [1.82, 2.24) is 4.90 Å². The van der Waals surface area contributed by atoms with Crippen LogP contribution in [0.1, 0.15) is 40.5 Å². The molecular formula is C17H21NO4. The minimum Gasteiger partial charge on any atom is -0.467 e. The molecule has 0 bridgehead atoms. The molecule has 5 nitrogen and oxygen atoms in total. The Hall–Kier alpha value is -2.01. The molecule has 0 saturated carbocycles. The van der Waals surface area contributed by atoms with E-state index >= 15 is 0 Å². The molecule has 3 heterocycles. The second-order valence-corrected chi connectivity index (χ2v) is 5.77. The fourth-order valence-electron chi connectivity index (χ4n) is 2.84. The van der Waals surface area contributed by atoms with Crippen LogP contribution in [0.15, 0.2) is 33.3 Å². The number of furan rings is 2. The summed E-state index contributed by atoms with van der Waals surface area (Å²) >= 11 is 0. The molecule has 0 aromatic carbocycles. The average Bonchev–Trinajstić information content (AvgIpc) is 3.20. The lowest BCUT2D eigenvalue weighted by Gasteiger charge is -2.24. The lowest BCUT2D eigenvalue weighted by atomic mass is 10.2. The van der Waals surface area contributed by atoms with Gasteiger partial charge in [0.15, 0.2) is 5.76 Å². The highest BCUT2D eigenvalue weighted by Crippen LogP contribution is 2.20. The Bertz CT molecular complexity index is 623. The summed E-state index contributed by atoms with van der Waals surface area (Å²) in [5.74, 6) is 1.79. The smallest absolute Gasteiger partial charge is 0.290 e. The predicted molar refractivity (Wildman–Crippen MR) is 80.6 cm³/mol. The van der Waals surface area contributed by atoms with Crippen molar-refractivity contribution < 1.29 is 18.4 Å².